The Balaban J connectivity index is 1.48. The first kappa shape index (κ1) is 30.4. The summed E-state index contributed by atoms with van der Waals surface area (Å²) in [7, 11) is -4.70. The quantitative estimate of drug-likeness (QED) is 0.193. The third-order valence-electron chi connectivity index (χ3n) is 9.38. The molecule has 4 rings (SSSR count). The predicted octanol–water partition coefficient (Wildman–Crippen LogP) is 8.91. The van der Waals surface area contributed by atoms with E-state index < -0.39 is 27.1 Å². The second kappa shape index (κ2) is 16.7. The van der Waals surface area contributed by atoms with E-state index in [1.165, 1.54) is 114 Å². The molecule has 0 aliphatic heterocycles. The molecule has 3 saturated carbocycles. The van der Waals surface area contributed by atoms with Gasteiger partial charge in [0.25, 0.3) is 27.1 Å². The topological polar surface area (TPSA) is 27.7 Å². The zero-order valence-electron chi connectivity index (χ0n) is 24.5. The highest BCUT2D eigenvalue weighted by atomic mass is 28.3. The van der Waals surface area contributed by atoms with Crippen LogP contribution >= 0.6 is 0 Å². The fraction of sp³-hybridized carbons (Fsp3) is 0.636. The van der Waals surface area contributed by atoms with E-state index in [4.69, 9.17) is 13.3 Å². The van der Waals surface area contributed by atoms with E-state index in [0.717, 1.165) is 35.0 Å². The van der Waals surface area contributed by atoms with E-state index in [-0.39, 0.29) is 0 Å². The van der Waals surface area contributed by atoms with Gasteiger partial charge in [0, 0.05) is 18.2 Å². The third kappa shape index (κ3) is 10.4. The predicted molar refractivity (Wildman–Crippen MR) is 175 cm³/mol. The van der Waals surface area contributed by atoms with Crippen molar-refractivity contribution in [2.24, 2.45) is 17.8 Å². The molecule has 0 spiro atoms. The molecular weight excluding hydrogens is 529 g/mol. The van der Waals surface area contributed by atoms with Gasteiger partial charge in [-0.15, -0.1) is 19.7 Å². The molecule has 3 aliphatic rings. The fourth-order valence-electron chi connectivity index (χ4n) is 7.11. The number of rotatable bonds is 15. The van der Waals surface area contributed by atoms with Crippen LogP contribution in [0.3, 0.4) is 0 Å². The van der Waals surface area contributed by atoms with Crippen molar-refractivity contribution in [1.29, 1.82) is 0 Å². The number of hydrogen-bond acceptors (Lipinski definition) is 3. The summed E-state index contributed by atoms with van der Waals surface area (Å²) in [6, 6.07) is 9.90. The van der Waals surface area contributed by atoms with E-state index in [9.17, 15) is 0 Å². The van der Waals surface area contributed by atoms with Gasteiger partial charge in [-0.1, -0.05) is 113 Å². The Morgan fingerprint density at radius 1 is 0.487 bits per heavy atom. The summed E-state index contributed by atoms with van der Waals surface area (Å²) in [5, 5.41) is 0. The monoisotopic (exact) mass is 582 g/mol. The van der Waals surface area contributed by atoms with Crippen molar-refractivity contribution in [3.05, 3.63) is 55.0 Å². The Morgan fingerprint density at radius 3 is 0.974 bits per heavy atom. The highest BCUT2D eigenvalue weighted by Gasteiger charge is 2.24. The maximum atomic E-state index is 6.72. The summed E-state index contributed by atoms with van der Waals surface area (Å²) in [5.74, 6) is 5.09. The van der Waals surface area contributed by atoms with E-state index in [1.807, 2.05) is 0 Å². The second-order valence-electron chi connectivity index (χ2n) is 12.5. The van der Waals surface area contributed by atoms with E-state index in [0.29, 0.717) is 0 Å². The van der Waals surface area contributed by atoms with Crippen LogP contribution in [0.4, 0.5) is 0 Å². The molecule has 1 aromatic carbocycles. The Morgan fingerprint density at radius 2 is 0.744 bits per heavy atom. The Labute approximate surface area is 244 Å². The number of benzene rings is 1. The molecule has 3 fully saturated rings. The van der Waals surface area contributed by atoms with Gasteiger partial charge in [-0.3, -0.25) is 0 Å². The molecule has 0 heterocycles. The van der Waals surface area contributed by atoms with Gasteiger partial charge < -0.3 is 13.3 Å². The SMILES string of the molecule is C=C[SiH](CC1CCCCC1)Oc1cc(O[SiH](C=C)CC2CCCCC2)cc(O[SiH](C=C)CC2CCCCC2)c1. The molecular formula is C33H54O3Si3. The molecule has 0 saturated heterocycles. The molecule has 0 N–H and O–H groups in total. The molecule has 39 heavy (non-hydrogen) atoms. The van der Waals surface area contributed by atoms with Gasteiger partial charge in [0.15, 0.2) is 0 Å². The summed E-state index contributed by atoms with van der Waals surface area (Å²) < 4.78 is 20.2. The second-order valence-corrected chi connectivity index (χ2v) is 19.3. The highest BCUT2D eigenvalue weighted by Crippen LogP contribution is 2.35. The molecule has 3 unspecified atom stereocenters. The molecule has 0 aromatic heterocycles. The van der Waals surface area contributed by atoms with Gasteiger partial charge in [0.05, 0.1) is 0 Å². The van der Waals surface area contributed by atoms with Crippen molar-refractivity contribution in [3.8, 4) is 17.2 Å². The van der Waals surface area contributed by atoms with Crippen LogP contribution in [-0.2, 0) is 0 Å². The zero-order chi connectivity index (χ0) is 27.3. The van der Waals surface area contributed by atoms with Gasteiger partial charge in [0.2, 0.25) is 0 Å². The van der Waals surface area contributed by atoms with Crippen molar-refractivity contribution in [3.63, 3.8) is 0 Å². The first-order valence-electron chi connectivity index (χ1n) is 16.2. The smallest absolute Gasteiger partial charge is 0.259 e. The molecule has 3 nitrogen and oxygen atoms in total. The summed E-state index contributed by atoms with van der Waals surface area (Å²) in [6.45, 7) is 12.5. The summed E-state index contributed by atoms with van der Waals surface area (Å²) in [6.07, 6.45) is 20.5. The zero-order valence-corrected chi connectivity index (χ0v) is 28.0. The van der Waals surface area contributed by atoms with Crippen LogP contribution in [0.5, 0.6) is 17.2 Å². The summed E-state index contributed by atoms with van der Waals surface area (Å²) in [5.41, 5.74) is 6.37. The molecule has 3 aliphatic carbocycles. The van der Waals surface area contributed by atoms with Crippen molar-refractivity contribution in [2.45, 2.75) is 114 Å². The van der Waals surface area contributed by atoms with Crippen LogP contribution in [0.2, 0.25) is 18.1 Å². The Bertz CT molecular complexity index is 762. The average Bonchev–Trinajstić information content (AvgIpc) is 2.97. The fourth-order valence-corrected chi connectivity index (χ4v) is 13.1. The lowest BCUT2D eigenvalue weighted by molar-refractivity contribution is 0.373. The normalized spacial score (nSPS) is 21.8. The van der Waals surface area contributed by atoms with E-state index in [1.54, 1.807) is 0 Å². The average molecular weight is 583 g/mol. The van der Waals surface area contributed by atoms with Crippen LogP contribution in [0, 0.1) is 17.8 Å². The molecule has 0 radical (unpaired) electrons. The molecule has 0 bridgehead atoms. The maximum absolute atomic E-state index is 6.72. The Hall–Kier alpha value is -1.51. The van der Waals surface area contributed by atoms with E-state index in [2.05, 4.69) is 55.0 Å². The number of hydrogen-bond donors (Lipinski definition) is 0. The standard InChI is InChI=1S/C33H54O3Si3/c1-4-37(25-28-16-10-7-11-17-28)34-31-22-32(35-38(5-2)26-29-18-12-8-13-19-29)24-33(23-31)36-39(6-3)27-30-20-14-9-15-21-30/h4-6,22-24,28-30,37-39H,1-3,7-21,25-27H2. The van der Waals surface area contributed by atoms with Crippen molar-refractivity contribution in [2.75, 3.05) is 0 Å². The van der Waals surface area contributed by atoms with Crippen LogP contribution in [0.1, 0.15) is 96.3 Å². The van der Waals surface area contributed by atoms with Crippen LogP contribution in [0.15, 0.2) is 55.0 Å². The lowest BCUT2D eigenvalue weighted by Gasteiger charge is -2.27. The van der Waals surface area contributed by atoms with Crippen LogP contribution < -0.4 is 13.3 Å². The van der Waals surface area contributed by atoms with E-state index >= 15 is 0 Å². The lowest BCUT2D eigenvalue weighted by Crippen LogP contribution is -2.26. The van der Waals surface area contributed by atoms with Gasteiger partial charge >= 0.3 is 0 Å². The lowest BCUT2D eigenvalue weighted by atomic mass is 9.91. The van der Waals surface area contributed by atoms with Gasteiger partial charge in [-0.25, -0.2) is 0 Å². The molecule has 216 valence electrons. The maximum Gasteiger partial charge on any atom is 0.259 e. The minimum atomic E-state index is -1.57. The van der Waals surface area contributed by atoms with Gasteiger partial charge in [-0.2, -0.15) is 0 Å². The molecule has 0 amide bonds. The molecule has 3 atom stereocenters. The van der Waals surface area contributed by atoms with Gasteiger partial charge in [0.1, 0.15) is 17.2 Å². The Kier molecular flexibility index (Phi) is 13.0. The molecule has 1 aromatic rings. The van der Waals surface area contributed by atoms with Gasteiger partial charge in [-0.05, 0) is 35.9 Å². The van der Waals surface area contributed by atoms with Crippen molar-refractivity contribution < 1.29 is 13.3 Å². The summed E-state index contributed by atoms with van der Waals surface area (Å²) in [4.78, 5) is 0. The first-order chi connectivity index (χ1) is 19.1. The van der Waals surface area contributed by atoms with Crippen molar-refractivity contribution in [1.82, 2.24) is 0 Å². The minimum absolute atomic E-state index is 0.796. The highest BCUT2D eigenvalue weighted by molar-refractivity contribution is 6.59. The third-order valence-corrected chi connectivity index (χ3v) is 16.1. The summed E-state index contributed by atoms with van der Waals surface area (Å²) >= 11 is 0. The van der Waals surface area contributed by atoms with Crippen LogP contribution in [0.25, 0.3) is 0 Å². The largest absolute Gasteiger partial charge is 0.542 e. The van der Waals surface area contributed by atoms with Crippen molar-refractivity contribution >= 4 is 27.1 Å². The van der Waals surface area contributed by atoms with Crippen LogP contribution in [-0.4, -0.2) is 27.1 Å². The minimum Gasteiger partial charge on any atom is -0.542 e. The molecule has 6 heteroatoms. The first-order valence-corrected chi connectivity index (χ1v) is 22.0.